The zero-order chi connectivity index (χ0) is 21.0. The molecular formula is C19H22N4O6. The van der Waals surface area contributed by atoms with E-state index in [0.29, 0.717) is 23.3 Å². The average molecular weight is 402 g/mol. The number of hydrogen-bond acceptors (Lipinski definition) is 8. The van der Waals surface area contributed by atoms with E-state index in [0.717, 1.165) is 0 Å². The van der Waals surface area contributed by atoms with E-state index in [-0.39, 0.29) is 24.8 Å². The summed E-state index contributed by atoms with van der Waals surface area (Å²) in [5.41, 5.74) is 0.868. The lowest BCUT2D eigenvalue weighted by Gasteiger charge is -2.54. The molecule has 0 amide bonds. The highest BCUT2D eigenvalue weighted by molar-refractivity contribution is 5.72. The van der Waals surface area contributed by atoms with Gasteiger partial charge in [-0.05, 0) is 26.0 Å². The summed E-state index contributed by atoms with van der Waals surface area (Å²) in [6.45, 7) is -0.361. The largest absolute Gasteiger partial charge is 0.496 e. The molecule has 2 saturated heterocycles. The van der Waals surface area contributed by atoms with Crippen LogP contribution in [0.25, 0.3) is 0 Å². The summed E-state index contributed by atoms with van der Waals surface area (Å²) >= 11 is 0. The molecule has 3 heterocycles. The van der Waals surface area contributed by atoms with Gasteiger partial charge < -0.3 is 14.9 Å². The fraction of sp³-hybridized carbons (Fsp3) is 0.579. The van der Waals surface area contributed by atoms with Crippen LogP contribution in [-0.4, -0.2) is 75.8 Å². The van der Waals surface area contributed by atoms with Gasteiger partial charge in [-0.25, -0.2) is 0 Å². The van der Waals surface area contributed by atoms with E-state index in [9.17, 15) is 30.4 Å². The first-order valence-corrected chi connectivity index (χ1v) is 9.42. The molecule has 2 bridgehead atoms. The normalized spacial score (nSPS) is 33.4. The van der Waals surface area contributed by atoms with Gasteiger partial charge in [-0.3, -0.25) is 24.7 Å². The van der Waals surface area contributed by atoms with Crippen LogP contribution in [0.2, 0.25) is 0 Å². The minimum absolute atomic E-state index is 0.0814. The number of benzene rings is 1. The zero-order valence-corrected chi connectivity index (χ0v) is 16.1. The third-order valence-corrected chi connectivity index (χ3v) is 6.80. The molecule has 10 nitrogen and oxygen atoms in total. The molecule has 0 saturated carbocycles. The standard InChI is InChI=1S/C19H22N4O6/c1-21-12-6-10(19(25)26)18(21)13-5-9-11(23(27)28)3-4-16(29-2)17(9)15(8-24)22(13)14(12)7-20/h3-4,10,12-15,18,24H,5-6,8H2,1-2H3,(H,25,26)/t10-,12+,13+,14?,15+,18-/m1/s1. The molecule has 0 spiro atoms. The number of likely N-dealkylation sites (N-methyl/N-ethyl adjacent to an activating group) is 1. The number of aliphatic hydroxyl groups excluding tert-OH is 1. The molecule has 0 radical (unpaired) electrons. The van der Waals surface area contributed by atoms with Gasteiger partial charge in [-0.2, -0.15) is 5.26 Å². The molecule has 1 aromatic carbocycles. The summed E-state index contributed by atoms with van der Waals surface area (Å²) < 4.78 is 5.43. The number of nitriles is 1. The minimum Gasteiger partial charge on any atom is -0.496 e. The monoisotopic (exact) mass is 402 g/mol. The van der Waals surface area contributed by atoms with Gasteiger partial charge in [-0.1, -0.05) is 0 Å². The molecule has 1 unspecified atom stereocenters. The maximum Gasteiger partial charge on any atom is 0.308 e. The smallest absolute Gasteiger partial charge is 0.308 e. The van der Waals surface area contributed by atoms with Gasteiger partial charge in [0.2, 0.25) is 0 Å². The fourth-order valence-electron chi connectivity index (χ4n) is 5.70. The third-order valence-electron chi connectivity index (χ3n) is 6.80. The van der Waals surface area contributed by atoms with E-state index in [1.54, 1.807) is 0 Å². The van der Waals surface area contributed by atoms with Crippen molar-refractivity contribution in [1.29, 1.82) is 5.26 Å². The number of rotatable bonds is 4. The van der Waals surface area contributed by atoms with E-state index < -0.39 is 41.0 Å². The molecular weight excluding hydrogens is 380 g/mol. The molecule has 0 aliphatic carbocycles. The van der Waals surface area contributed by atoms with E-state index in [1.165, 1.54) is 19.2 Å². The number of carbonyl (C=O) groups is 1. The number of fused-ring (bicyclic) bond motifs is 5. The molecule has 2 fully saturated rings. The molecule has 10 heteroatoms. The number of nitro benzene ring substituents is 1. The second-order valence-corrected chi connectivity index (χ2v) is 7.83. The Kier molecular flexibility index (Phi) is 4.69. The Balaban J connectivity index is 1.94. The van der Waals surface area contributed by atoms with Crippen LogP contribution < -0.4 is 4.74 Å². The second-order valence-electron chi connectivity index (χ2n) is 7.83. The SMILES string of the molecule is COc1ccc([N+](=O)[O-])c2c1[C@H](CO)N1C(C#N)[C@@H]3C[C@@H](C(=O)O)[C@H]([C@@H]1C2)N3C. The maximum absolute atomic E-state index is 11.9. The van der Waals surface area contributed by atoms with E-state index >= 15 is 0 Å². The lowest BCUT2D eigenvalue weighted by atomic mass is 9.80. The van der Waals surface area contributed by atoms with Crippen LogP contribution >= 0.6 is 0 Å². The molecule has 2 N–H and O–H groups in total. The number of piperazine rings is 1. The third kappa shape index (κ3) is 2.62. The summed E-state index contributed by atoms with van der Waals surface area (Å²) in [5, 5.41) is 41.6. The number of nitro groups is 1. The van der Waals surface area contributed by atoms with E-state index in [4.69, 9.17) is 4.74 Å². The predicted octanol–water partition coefficient (Wildman–Crippen LogP) is 0.543. The molecule has 29 heavy (non-hydrogen) atoms. The van der Waals surface area contributed by atoms with Gasteiger partial charge in [0.25, 0.3) is 5.69 Å². The van der Waals surface area contributed by atoms with Crippen LogP contribution in [0, 0.1) is 27.4 Å². The zero-order valence-electron chi connectivity index (χ0n) is 16.1. The number of carboxylic acid groups (broad SMARTS) is 1. The van der Waals surface area contributed by atoms with Crippen molar-refractivity contribution in [3.8, 4) is 11.8 Å². The highest BCUT2D eigenvalue weighted by atomic mass is 16.6. The number of carboxylic acids is 1. The van der Waals surface area contributed by atoms with Crippen LogP contribution in [-0.2, 0) is 11.2 Å². The Morgan fingerprint density at radius 3 is 2.72 bits per heavy atom. The van der Waals surface area contributed by atoms with Gasteiger partial charge in [0.15, 0.2) is 0 Å². The fourth-order valence-corrected chi connectivity index (χ4v) is 5.70. The highest BCUT2D eigenvalue weighted by Crippen LogP contribution is 2.51. The Bertz CT molecular complexity index is 915. The highest BCUT2D eigenvalue weighted by Gasteiger charge is 2.60. The number of hydrogen-bond donors (Lipinski definition) is 2. The summed E-state index contributed by atoms with van der Waals surface area (Å²) in [6, 6.07) is 2.71. The summed E-state index contributed by atoms with van der Waals surface area (Å²) in [4.78, 5) is 26.9. The Labute approximate surface area is 167 Å². The summed E-state index contributed by atoms with van der Waals surface area (Å²) in [6.07, 6.45) is 0.540. The number of ether oxygens (including phenoxy) is 1. The lowest BCUT2D eigenvalue weighted by molar-refractivity contribution is -0.385. The molecule has 4 rings (SSSR count). The van der Waals surface area contributed by atoms with Crippen molar-refractivity contribution >= 4 is 11.7 Å². The Morgan fingerprint density at radius 1 is 1.45 bits per heavy atom. The summed E-state index contributed by atoms with van der Waals surface area (Å²) in [7, 11) is 3.27. The van der Waals surface area contributed by atoms with Crippen molar-refractivity contribution < 1.29 is 24.7 Å². The molecule has 154 valence electrons. The van der Waals surface area contributed by atoms with Crippen molar-refractivity contribution in [3.05, 3.63) is 33.4 Å². The number of nitrogens with zero attached hydrogens (tertiary/aromatic N) is 4. The Hall–Kier alpha value is -2.74. The predicted molar refractivity (Wildman–Crippen MR) is 99.3 cm³/mol. The van der Waals surface area contributed by atoms with Crippen LogP contribution in [0.1, 0.15) is 23.6 Å². The second kappa shape index (κ2) is 6.95. The molecule has 0 aromatic heterocycles. The summed E-state index contributed by atoms with van der Waals surface area (Å²) in [5.74, 6) is -1.20. The number of methoxy groups -OCH3 is 1. The first kappa shape index (κ1) is 19.6. The van der Waals surface area contributed by atoms with Gasteiger partial charge >= 0.3 is 5.97 Å². The molecule has 3 aliphatic rings. The van der Waals surface area contributed by atoms with Gasteiger partial charge in [0.05, 0.1) is 36.7 Å². The Morgan fingerprint density at radius 2 is 2.17 bits per heavy atom. The molecule has 6 atom stereocenters. The van der Waals surface area contributed by atoms with Crippen LogP contribution in [0.15, 0.2) is 12.1 Å². The van der Waals surface area contributed by atoms with Gasteiger partial charge in [-0.15, -0.1) is 0 Å². The van der Waals surface area contributed by atoms with Crippen LogP contribution in [0.3, 0.4) is 0 Å². The van der Waals surface area contributed by atoms with Crippen molar-refractivity contribution in [3.63, 3.8) is 0 Å². The van der Waals surface area contributed by atoms with Gasteiger partial charge in [0.1, 0.15) is 11.8 Å². The number of aliphatic hydroxyl groups is 1. The minimum atomic E-state index is -0.936. The van der Waals surface area contributed by atoms with E-state index in [1.807, 2.05) is 16.8 Å². The van der Waals surface area contributed by atoms with Crippen molar-refractivity contribution in [2.75, 3.05) is 20.8 Å². The van der Waals surface area contributed by atoms with Gasteiger partial charge in [0, 0.05) is 35.3 Å². The maximum atomic E-state index is 11.9. The average Bonchev–Trinajstić information content (AvgIpc) is 2.95. The molecule has 3 aliphatic heterocycles. The van der Waals surface area contributed by atoms with Crippen LogP contribution in [0.4, 0.5) is 5.69 Å². The first-order valence-electron chi connectivity index (χ1n) is 9.42. The van der Waals surface area contributed by atoms with Crippen molar-refractivity contribution in [2.24, 2.45) is 5.92 Å². The lowest BCUT2D eigenvalue weighted by Crippen LogP contribution is -2.67. The van der Waals surface area contributed by atoms with E-state index in [2.05, 4.69) is 6.07 Å². The topological polar surface area (TPSA) is 140 Å². The van der Waals surface area contributed by atoms with Crippen LogP contribution in [0.5, 0.6) is 5.75 Å². The van der Waals surface area contributed by atoms with Crippen molar-refractivity contribution in [1.82, 2.24) is 9.80 Å². The first-order chi connectivity index (χ1) is 13.8. The quantitative estimate of drug-likeness (QED) is 0.545. The molecule has 1 aromatic rings. The van der Waals surface area contributed by atoms with Crippen molar-refractivity contribution in [2.45, 2.75) is 43.1 Å². The number of aliphatic carboxylic acids is 1.